The van der Waals surface area contributed by atoms with Gasteiger partial charge in [0.15, 0.2) is 6.61 Å². The molecule has 3 rings (SSSR count). The van der Waals surface area contributed by atoms with Gasteiger partial charge in [0.2, 0.25) is 0 Å². The molecule has 5 nitrogen and oxygen atoms in total. The molecule has 0 aromatic heterocycles. The predicted octanol–water partition coefficient (Wildman–Crippen LogP) is 3.40. The summed E-state index contributed by atoms with van der Waals surface area (Å²) in [4.78, 5) is 11.9. The predicted molar refractivity (Wildman–Crippen MR) is 91.5 cm³/mol. The van der Waals surface area contributed by atoms with Gasteiger partial charge in [-0.3, -0.25) is 4.79 Å². The SMILES string of the molecule is N#Cc1ccccc1OCC(=O)N/N=C1\CC[C@@H]2CCCC[C@@H]2C1. The molecule has 1 aromatic carbocycles. The fraction of sp³-hybridized carbons (Fsp3) is 0.526. The zero-order valence-electron chi connectivity index (χ0n) is 13.8. The molecule has 0 aliphatic heterocycles. The van der Waals surface area contributed by atoms with Crippen LogP contribution in [0.4, 0.5) is 0 Å². The highest BCUT2D eigenvalue weighted by atomic mass is 16.5. The third kappa shape index (κ3) is 4.14. The Kier molecular flexibility index (Phi) is 5.47. The number of para-hydroxylation sites is 1. The summed E-state index contributed by atoms with van der Waals surface area (Å²) in [5.41, 5.74) is 4.12. The molecule has 0 heterocycles. The maximum Gasteiger partial charge on any atom is 0.277 e. The standard InChI is InChI=1S/C19H23N3O2/c20-12-16-7-3-4-8-18(16)24-13-19(23)22-21-17-10-9-14-5-1-2-6-15(14)11-17/h3-4,7-8,14-15H,1-2,5-6,9-11,13H2,(H,22,23)/b21-17+/t14-,15+/m0/s1. The van der Waals surface area contributed by atoms with E-state index in [2.05, 4.69) is 10.5 Å². The van der Waals surface area contributed by atoms with Crippen molar-refractivity contribution in [2.75, 3.05) is 6.61 Å². The van der Waals surface area contributed by atoms with E-state index in [1.54, 1.807) is 24.3 Å². The van der Waals surface area contributed by atoms with Crippen LogP contribution in [0.1, 0.15) is 50.5 Å². The molecule has 0 radical (unpaired) electrons. The highest BCUT2D eigenvalue weighted by Gasteiger charge is 2.30. The van der Waals surface area contributed by atoms with E-state index in [1.165, 1.54) is 32.1 Å². The van der Waals surface area contributed by atoms with Crippen molar-refractivity contribution in [2.45, 2.75) is 44.9 Å². The van der Waals surface area contributed by atoms with E-state index >= 15 is 0 Å². The number of nitrogens with one attached hydrogen (secondary N) is 1. The first-order valence-electron chi connectivity index (χ1n) is 8.72. The summed E-state index contributed by atoms with van der Waals surface area (Å²) in [6.45, 7) is -0.137. The van der Waals surface area contributed by atoms with Crippen LogP contribution in [0.25, 0.3) is 0 Å². The van der Waals surface area contributed by atoms with E-state index in [4.69, 9.17) is 10.00 Å². The lowest BCUT2D eigenvalue weighted by molar-refractivity contribution is -0.123. The molecule has 0 spiro atoms. The fourth-order valence-electron chi connectivity index (χ4n) is 3.79. The summed E-state index contributed by atoms with van der Waals surface area (Å²) in [6, 6.07) is 8.93. The molecule has 5 heteroatoms. The topological polar surface area (TPSA) is 74.5 Å². The van der Waals surface area contributed by atoms with Crippen LogP contribution in [0.15, 0.2) is 29.4 Å². The van der Waals surface area contributed by atoms with Gasteiger partial charge < -0.3 is 4.74 Å². The average Bonchev–Trinajstić information content (AvgIpc) is 2.64. The van der Waals surface area contributed by atoms with Crippen LogP contribution in [0.2, 0.25) is 0 Å². The van der Waals surface area contributed by atoms with Crippen molar-refractivity contribution >= 4 is 11.6 Å². The number of hydrogen-bond donors (Lipinski definition) is 1. The van der Waals surface area contributed by atoms with Crippen LogP contribution in [0, 0.1) is 23.2 Å². The van der Waals surface area contributed by atoms with Crippen LogP contribution in [0.3, 0.4) is 0 Å². The Morgan fingerprint density at radius 2 is 2.04 bits per heavy atom. The van der Waals surface area contributed by atoms with Crippen molar-refractivity contribution in [2.24, 2.45) is 16.9 Å². The minimum Gasteiger partial charge on any atom is -0.482 e. The molecule has 1 aromatic rings. The molecule has 2 saturated carbocycles. The number of fused-ring (bicyclic) bond motifs is 1. The lowest BCUT2D eigenvalue weighted by Crippen LogP contribution is -2.31. The number of carbonyl (C=O) groups excluding carboxylic acids is 1. The highest BCUT2D eigenvalue weighted by Crippen LogP contribution is 2.39. The average molecular weight is 325 g/mol. The molecule has 24 heavy (non-hydrogen) atoms. The second-order valence-corrected chi connectivity index (χ2v) is 6.66. The van der Waals surface area contributed by atoms with Crippen LogP contribution < -0.4 is 10.2 Å². The Morgan fingerprint density at radius 1 is 1.25 bits per heavy atom. The highest BCUT2D eigenvalue weighted by molar-refractivity contribution is 5.87. The Labute approximate surface area is 142 Å². The smallest absolute Gasteiger partial charge is 0.277 e. The van der Waals surface area contributed by atoms with Gasteiger partial charge in [-0.1, -0.05) is 31.4 Å². The molecule has 1 amide bonds. The van der Waals surface area contributed by atoms with Crippen molar-refractivity contribution < 1.29 is 9.53 Å². The van der Waals surface area contributed by atoms with Gasteiger partial charge >= 0.3 is 0 Å². The quantitative estimate of drug-likeness (QED) is 0.862. The molecule has 0 unspecified atom stereocenters. The first-order valence-corrected chi connectivity index (χ1v) is 8.72. The molecular formula is C19H23N3O2. The van der Waals surface area contributed by atoms with Gasteiger partial charge in [-0.25, -0.2) is 5.43 Å². The molecule has 0 saturated heterocycles. The Balaban J connectivity index is 1.48. The first-order chi connectivity index (χ1) is 11.8. The minimum absolute atomic E-state index is 0.137. The monoisotopic (exact) mass is 325 g/mol. The van der Waals surface area contributed by atoms with Crippen molar-refractivity contribution in [1.29, 1.82) is 5.26 Å². The number of ether oxygens (including phenoxy) is 1. The molecule has 2 aliphatic rings. The summed E-state index contributed by atoms with van der Waals surface area (Å²) in [6.07, 6.45) is 8.55. The van der Waals surface area contributed by atoms with Gasteiger partial charge in [0, 0.05) is 5.71 Å². The molecule has 1 N–H and O–H groups in total. The van der Waals surface area contributed by atoms with Crippen LogP contribution >= 0.6 is 0 Å². The van der Waals surface area contributed by atoms with Crippen molar-refractivity contribution in [3.05, 3.63) is 29.8 Å². The van der Waals surface area contributed by atoms with Crippen molar-refractivity contribution in [3.8, 4) is 11.8 Å². The van der Waals surface area contributed by atoms with Gasteiger partial charge in [-0.2, -0.15) is 10.4 Å². The Hall–Kier alpha value is -2.35. The van der Waals surface area contributed by atoms with Gasteiger partial charge in [0.25, 0.3) is 5.91 Å². The van der Waals surface area contributed by atoms with E-state index in [9.17, 15) is 4.79 Å². The lowest BCUT2D eigenvalue weighted by atomic mass is 9.70. The largest absolute Gasteiger partial charge is 0.482 e. The number of rotatable bonds is 4. The third-order valence-electron chi connectivity index (χ3n) is 5.07. The summed E-state index contributed by atoms with van der Waals surface area (Å²) >= 11 is 0. The maximum atomic E-state index is 11.9. The minimum atomic E-state index is -0.291. The maximum absolute atomic E-state index is 11.9. The van der Waals surface area contributed by atoms with Crippen molar-refractivity contribution in [1.82, 2.24) is 5.43 Å². The first kappa shape index (κ1) is 16.5. The molecule has 2 aliphatic carbocycles. The lowest BCUT2D eigenvalue weighted by Gasteiger charge is -2.35. The van der Waals surface area contributed by atoms with Crippen LogP contribution in [-0.2, 0) is 4.79 Å². The number of carbonyl (C=O) groups is 1. The summed E-state index contributed by atoms with van der Waals surface area (Å²) in [5, 5.41) is 13.3. The van der Waals surface area contributed by atoms with E-state index in [0.717, 1.165) is 30.4 Å². The summed E-state index contributed by atoms with van der Waals surface area (Å²) in [5.74, 6) is 1.74. The fourth-order valence-corrected chi connectivity index (χ4v) is 3.79. The molecule has 0 bridgehead atoms. The molecular weight excluding hydrogens is 302 g/mol. The zero-order chi connectivity index (χ0) is 16.8. The number of benzene rings is 1. The van der Waals surface area contributed by atoms with Crippen LogP contribution in [0.5, 0.6) is 5.75 Å². The Bertz CT molecular complexity index is 663. The van der Waals surface area contributed by atoms with Gasteiger partial charge in [0.1, 0.15) is 11.8 Å². The van der Waals surface area contributed by atoms with E-state index < -0.39 is 0 Å². The summed E-state index contributed by atoms with van der Waals surface area (Å²) in [7, 11) is 0. The summed E-state index contributed by atoms with van der Waals surface area (Å²) < 4.78 is 5.41. The second-order valence-electron chi connectivity index (χ2n) is 6.66. The number of hydrazone groups is 1. The van der Waals surface area contributed by atoms with Crippen molar-refractivity contribution in [3.63, 3.8) is 0 Å². The number of hydrogen-bond acceptors (Lipinski definition) is 4. The van der Waals surface area contributed by atoms with E-state index in [0.29, 0.717) is 11.3 Å². The second kappa shape index (κ2) is 7.96. The number of amides is 1. The van der Waals surface area contributed by atoms with E-state index in [1.807, 2.05) is 6.07 Å². The van der Waals surface area contributed by atoms with E-state index in [-0.39, 0.29) is 12.5 Å². The molecule has 2 fully saturated rings. The number of nitrogens with zero attached hydrogens (tertiary/aromatic N) is 2. The van der Waals surface area contributed by atoms with Gasteiger partial charge in [0.05, 0.1) is 5.56 Å². The normalized spacial score (nSPS) is 24.7. The van der Waals surface area contributed by atoms with Crippen LogP contribution in [-0.4, -0.2) is 18.2 Å². The third-order valence-corrected chi connectivity index (χ3v) is 5.07. The Morgan fingerprint density at radius 3 is 2.88 bits per heavy atom. The van der Waals surface area contributed by atoms with Gasteiger partial charge in [-0.15, -0.1) is 0 Å². The van der Waals surface area contributed by atoms with Gasteiger partial charge in [-0.05, 0) is 49.7 Å². The number of nitriles is 1. The zero-order valence-corrected chi connectivity index (χ0v) is 13.8. The molecule has 2 atom stereocenters. The molecule has 126 valence electrons.